The molecule has 0 aromatic carbocycles. The first-order valence-electron chi connectivity index (χ1n) is 9.38. The van der Waals surface area contributed by atoms with Crippen LogP contribution in [0.15, 0.2) is 10.4 Å². The van der Waals surface area contributed by atoms with Crippen molar-refractivity contribution in [2.45, 2.75) is 53.1 Å². The number of aromatic nitrogens is 1. The molecule has 0 saturated carbocycles. The van der Waals surface area contributed by atoms with Crippen LogP contribution in [0.1, 0.15) is 46.2 Å². The van der Waals surface area contributed by atoms with Crippen molar-refractivity contribution in [2.24, 2.45) is 4.99 Å². The van der Waals surface area contributed by atoms with Gasteiger partial charge in [0.25, 0.3) is 0 Å². The second-order valence-corrected chi connectivity index (χ2v) is 7.26. The smallest absolute Gasteiger partial charge is 0.191 e. The van der Waals surface area contributed by atoms with Crippen LogP contribution in [0.25, 0.3) is 0 Å². The van der Waals surface area contributed by atoms with Crippen LogP contribution >= 0.6 is 11.3 Å². The maximum atomic E-state index is 4.68. The molecule has 0 amide bonds. The Morgan fingerprint density at radius 2 is 2.00 bits per heavy atom. The van der Waals surface area contributed by atoms with Gasteiger partial charge in [-0.2, -0.15) is 0 Å². The van der Waals surface area contributed by atoms with Crippen LogP contribution in [0, 0.1) is 0 Å². The second kappa shape index (κ2) is 12.1. The Bertz CT molecular complexity index is 496. The van der Waals surface area contributed by atoms with E-state index in [1.54, 1.807) is 11.3 Å². The van der Waals surface area contributed by atoms with Crippen LogP contribution in [-0.2, 0) is 6.54 Å². The molecular formula is C18H36N6S. The van der Waals surface area contributed by atoms with Crippen molar-refractivity contribution in [3.63, 3.8) is 0 Å². The van der Waals surface area contributed by atoms with Crippen LogP contribution in [0.3, 0.4) is 0 Å². The molecule has 0 fully saturated rings. The number of anilines is 1. The summed E-state index contributed by atoms with van der Waals surface area (Å²) >= 11 is 1.65. The Morgan fingerprint density at radius 1 is 1.28 bits per heavy atom. The number of nitrogens with zero attached hydrogens (tertiary/aromatic N) is 4. The van der Waals surface area contributed by atoms with Crippen LogP contribution < -0.4 is 15.5 Å². The van der Waals surface area contributed by atoms with Gasteiger partial charge in [-0.15, -0.1) is 11.3 Å². The average Bonchev–Trinajstić information content (AvgIpc) is 3.06. The number of guanidine groups is 1. The molecule has 0 spiro atoms. The highest BCUT2D eigenvalue weighted by Gasteiger charge is 2.08. The van der Waals surface area contributed by atoms with Gasteiger partial charge in [0.05, 0.1) is 12.2 Å². The van der Waals surface area contributed by atoms with E-state index in [0.29, 0.717) is 12.6 Å². The van der Waals surface area contributed by atoms with Gasteiger partial charge in [-0.3, -0.25) is 0 Å². The second-order valence-electron chi connectivity index (χ2n) is 6.43. The van der Waals surface area contributed by atoms with Crippen molar-refractivity contribution in [3.8, 4) is 0 Å². The van der Waals surface area contributed by atoms with E-state index >= 15 is 0 Å². The third-order valence-electron chi connectivity index (χ3n) is 4.05. The van der Waals surface area contributed by atoms with Crippen molar-refractivity contribution in [1.29, 1.82) is 0 Å². The molecule has 144 valence electrons. The summed E-state index contributed by atoms with van der Waals surface area (Å²) in [4.78, 5) is 13.8. The van der Waals surface area contributed by atoms with Crippen molar-refractivity contribution in [1.82, 2.24) is 20.5 Å². The Labute approximate surface area is 157 Å². The van der Waals surface area contributed by atoms with Crippen molar-refractivity contribution in [2.75, 3.05) is 45.2 Å². The standard InChI is InChI=1S/C18H36N6S/c1-7-19-17(20-13-16-14-25-18(22-16)23(5)6)21-15(4)11-10-12-24(8-2)9-3/h14-15H,7-13H2,1-6H3,(H2,19,20,21). The maximum absolute atomic E-state index is 4.68. The molecule has 1 atom stereocenters. The third kappa shape index (κ3) is 8.54. The largest absolute Gasteiger partial charge is 0.357 e. The zero-order chi connectivity index (χ0) is 18.7. The molecule has 0 saturated heterocycles. The zero-order valence-corrected chi connectivity index (χ0v) is 17.6. The molecule has 0 aliphatic rings. The molecule has 7 heteroatoms. The van der Waals surface area contributed by atoms with Gasteiger partial charge in [0, 0.05) is 32.1 Å². The van der Waals surface area contributed by atoms with Gasteiger partial charge in [-0.25, -0.2) is 9.98 Å². The number of aliphatic imine (C=N–C) groups is 1. The van der Waals surface area contributed by atoms with Gasteiger partial charge in [0.2, 0.25) is 0 Å². The van der Waals surface area contributed by atoms with E-state index in [4.69, 9.17) is 0 Å². The van der Waals surface area contributed by atoms with E-state index < -0.39 is 0 Å². The molecule has 1 unspecified atom stereocenters. The summed E-state index contributed by atoms with van der Waals surface area (Å²) in [6, 6.07) is 0.404. The molecule has 0 radical (unpaired) electrons. The average molecular weight is 369 g/mol. The van der Waals surface area contributed by atoms with Crippen LogP contribution in [-0.4, -0.2) is 62.2 Å². The normalized spacial score (nSPS) is 13.2. The topological polar surface area (TPSA) is 55.8 Å². The Kier molecular flexibility index (Phi) is 10.5. The van der Waals surface area contributed by atoms with Gasteiger partial charge in [0.15, 0.2) is 11.1 Å². The first-order valence-corrected chi connectivity index (χ1v) is 10.3. The number of thiazole rings is 1. The van der Waals surface area contributed by atoms with Crippen LogP contribution in [0.5, 0.6) is 0 Å². The molecule has 0 aliphatic carbocycles. The Balaban J connectivity index is 2.48. The van der Waals surface area contributed by atoms with Crippen molar-refractivity contribution >= 4 is 22.4 Å². The molecule has 0 bridgehead atoms. The molecular weight excluding hydrogens is 332 g/mol. The van der Waals surface area contributed by atoms with Gasteiger partial charge in [-0.1, -0.05) is 13.8 Å². The van der Waals surface area contributed by atoms with Gasteiger partial charge >= 0.3 is 0 Å². The van der Waals surface area contributed by atoms with Gasteiger partial charge in [0.1, 0.15) is 0 Å². The lowest BCUT2D eigenvalue weighted by Gasteiger charge is -2.21. The molecule has 25 heavy (non-hydrogen) atoms. The lowest BCUT2D eigenvalue weighted by Crippen LogP contribution is -2.42. The molecule has 0 aliphatic heterocycles. The minimum Gasteiger partial charge on any atom is -0.357 e. The SMILES string of the molecule is CCNC(=NCc1csc(N(C)C)n1)NC(C)CCCN(CC)CC. The van der Waals surface area contributed by atoms with E-state index in [1.807, 2.05) is 19.0 Å². The van der Waals surface area contributed by atoms with Gasteiger partial charge < -0.3 is 20.4 Å². The number of nitrogens with one attached hydrogen (secondary N) is 2. The summed E-state index contributed by atoms with van der Waals surface area (Å²) in [6.07, 6.45) is 2.34. The highest BCUT2D eigenvalue weighted by Crippen LogP contribution is 2.18. The van der Waals surface area contributed by atoms with Crippen molar-refractivity contribution < 1.29 is 0 Å². The first kappa shape index (κ1) is 21.7. The molecule has 1 aromatic rings. The highest BCUT2D eigenvalue weighted by atomic mass is 32.1. The number of hydrogen-bond donors (Lipinski definition) is 2. The number of rotatable bonds is 11. The fraction of sp³-hybridized carbons (Fsp3) is 0.778. The van der Waals surface area contributed by atoms with Gasteiger partial charge in [-0.05, 0) is 46.3 Å². The van der Waals surface area contributed by atoms with E-state index in [0.717, 1.165) is 42.8 Å². The fourth-order valence-electron chi connectivity index (χ4n) is 2.52. The van der Waals surface area contributed by atoms with E-state index in [2.05, 4.69) is 58.6 Å². The Hall–Kier alpha value is -1.34. The predicted molar refractivity (Wildman–Crippen MR) is 111 cm³/mol. The zero-order valence-electron chi connectivity index (χ0n) is 16.8. The number of hydrogen-bond acceptors (Lipinski definition) is 5. The third-order valence-corrected chi connectivity index (χ3v) is 5.11. The molecule has 2 N–H and O–H groups in total. The lowest BCUT2D eigenvalue weighted by molar-refractivity contribution is 0.292. The van der Waals surface area contributed by atoms with E-state index in [-0.39, 0.29) is 0 Å². The minimum atomic E-state index is 0.404. The molecule has 1 rings (SSSR count). The van der Waals surface area contributed by atoms with Crippen LogP contribution in [0.4, 0.5) is 5.13 Å². The van der Waals surface area contributed by atoms with Crippen molar-refractivity contribution in [3.05, 3.63) is 11.1 Å². The quantitative estimate of drug-likeness (QED) is 0.465. The maximum Gasteiger partial charge on any atom is 0.191 e. The summed E-state index contributed by atoms with van der Waals surface area (Å²) in [6.45, 7) is 13.7. The molecule has 1 heterocycles. The molecule has 1 aromatic heterocycles. The monoisotopic (exact) mass is 368 g/mol. The lowest BCUT2D eigenvalue weighted by atomic mass is 10.2. The minimum absolute atomic E-state index is 0.404. The summed E-state index contributed by atoms with van der Waals surface area (Å²) in [5.41, 5.74) is 1.01. The van der Waals surface area contributed by atoms with E-state index in [1.165, 1.54) is 13.0 Å². The predicted octanol–water partition coefficient (Wildman–Crippen LogP) is 2.77. The summed E-state index contributed by atoms with van der Waals surface area (Å²) in [5, 5.41) is 9.94. The molecule has 6 nitrogen and oxygen atoms in total. The fourth-order valence-corrected chi connectivity index (χ4v) is 3.27. The van der Waals surface area contributed by atoms with Crippen LogP contribution in [0.2, 0.25) is 0 Å². The highest BCUT2D eigenvalue weighted by molar-refractivity contribution is 7.13. The Morgan fingerprint density at radius 3 is 2.56 bits per heavy atom. The summed E-state index contributed by atoms with van der Waals surface area (Å²) in [7, 11) is 4.02. The summed E-state index contributed by atoms with van der Waals surface area (Å²) < 4.78 is 0. The summed E-state index contributed by atoms with van der Waals surface area (Å²) in [5.74, 6) is 0.872. The first-order chi connectivity index (χ1) is 12.0. The van der Waals surface area contributed by atoms with E-state index in [9.17, 15) is 0 Å².